The Morgan fingerprint density at radius 2 is 2.10 bits per heavy atom. The van der Waals surface area contributed by atoms with Crippen LogP contribution in [0.15, 0.2) is 28.7 Å². The highest BCUT2D eigenvalue weighted by atomic mass is 79.9. The van der Waals surface area contributed by atoms with Crippen LogP contribution in [0.1, 0.15) is 19.4 Å². The third kappa shape index (κ3) is 3.86. The number of carboxylic acid groups (broad SMARTS) is 1. The summed E-state index contributed by atoms with van der Waals surface area (Å²) in [5.41, 5.74) is 2.17. The second kappa shape index (κ2) is 6.20. The zero-order valence-electron chi connectivity index (χ0n) is 12.6. The number of hydrogen-bond acceptors (Lipinski definition) is 3. The molecule has 1 aromatic rings. The lowest BCUT2D eigenvalue weighted by molar-refractivity contribution is -0.131. The minimum atomic E-state index is -0.934. The number of piperazine rings is 1. The Hall–Kier alpha value is -1.33. The van der Waals surface area contributed by atoms with E-state index in [4.69, 9.17) is 5.11 Å². The first-order valence-electron chi connectivity index (χ1n) is 6.96. The van der Waals surface area contributed by atoms with Gasteiger partial charge in [-0.15, -0.1) is 0 Å². The van der Waals surface area contributed by atoms with E-state index in [1.165, 1.54) is 0 Å². The third-order valence-electron chi connectivity index (χ3n) is 4.05. The van der Waals surface area contributed by atoms with Crippen molar-refractivity contribution in [3.63, 3.8) is 0 Å². The first-order valence-corrected chi connectivity index (χ1v) is 7.76. The highest BCUT2D eigenvalue weighted by molar-refractivity contribution is 9.10. The molecule has 0 spiro atoms. The second-order valence-electron chi connectivity index (χ2n) is 6.04. The predicted octanol–water partition coefficient (Wildman–Crippen LogP) is 3.08. The number of halogens is 1. The van der Waals surface area contributed by atoms with Crippen molar-refractivity contribution in [3.05, 3.63) is 34.3 Å². The molecule has 1 N–H and O–H groups in total. The van der Waals surface area contributed by atoms with E-state index in [-0.39, 0.29) is 5.54 Å². The van der Waals surface area contributed by atoms with Gasteiger partial charge >= 0.3 is 5.97 Å². The SMILES string of the molecule is CN1CCN(c2ccc(/C=C/C(=O)O)cc2Br)CC1(C)C. The minimum absolute atomic E-state index is 0.138. The molecule has 0 saturated carbocycles. The number of nitrogens with zero attached hydrogens (tertiary/aromatic N) is 2. The molecule has 0 unspecified atom stereocenters. The minimum Gasteiger partial charge on any atom is -0.478 e. The zero-order chi connectivity index (χ0) is 15.6. The van der Waals surface area contributed by atoms with Crippen LogP contribution in [0.4, 0.5) is 5.69 Å². The van der Waals surface area contributed by atoms with Gasteiger partial charge in [-0.2, -0.15) is 0 Å². The Labute approximate surface area is 134 Å². The van der Waals surface area contributed by atoms with Gasteiger partial charge in [0.15, 0.2) is 0 Å². The van der Waals surface area contributed by atoms with Crippen molar-refractivity contribution < 1.29 is 9.90 Å². The maximum atomic E-state index is 10.6. The van der Waals surface area contributed by atoms with Gasteiger partial charge in [0.05, 0.1) is 5.69 Å². The highest BCUT2D eigenvalue weighted by Crippen LogP contribution is 2.31. The monoisotopic (exact) mass is 352 g/mol. The van der Waals surface area contributed by atoms with E-state index in [2.05, 4.69) is 46.6 Å². The molecule has 0 aromatic heterocycles. The Balaban J connectivity index is 2.20. The molecule has 1 saturated heterocycles. The molecule has 1 aliphatic heterocycles. The van der Waals surface area contributed by atoms with Gasteiger partial charge in [0.25, 0.3) is 0 Å². The van der Waals surface area contributed by atoms with Crippen LogP contribution >= 0.6 is 15.9 Å². The third-order valence-corrected chi connectivity index (χ3v) is 4.68. The number of carbonyl (C=O) groups is 1. The fourth-order valence-corrected chi connectivity index (χ4v) is 3.14. The quantitative estimate of drug-likeness (QED) is 0.849. The Morgan fingerprint density at radius 1 is 1.38 bits per heavy atom. The van der Waals surface area contributed by atoms with Crippen molar-refractivity contribution in [3.8, 4) is 0 Å². The molecule has 0 atom stereocenters. The molecule has 1 aromatic carbocycles. The van der Waals surface area contributed by atoms with Gasteiger partial charge in [-0.1, -0.05) is 6.07 Å². The van der Waals surface area contributed by atoms with Crippen LogP contribution in [0, 0.1) is 0 Å². The first kappa shape index (κ1) is 16.0. The molecule has 2 rings (SSSR count). The van der Waals surface area contributed by atoms with E-state index < -0.39 is 5.97 Å². The van der Waals surface area contributed by atoms with E-state index in [9.17, 15) is 4.79 Å². The predicted molar refractivity (Wildman–Crippen MR) is 89.7 cm³/mol. The summed E-state index contributed by atoms with van der Waals surface area (Å²) in [4.78, 5) is 15.3. The molecular formula is C16H21BrN2O2. The van der Waals surface area contributed by atoms with E-state index in [0.29, 0.717) is 0 Å². The summed E-state index contributed by atoms with van der Waals surface area (Å²) >= 11 is 3.61. The van der Waals surface area contributed by atoms with E-state index in [1.807, 2.05) is 18.2 Å². The van der Waals surface area contributed by atoms with Crippen LogP contribution in [0.25, 0.3) is 6.08 Å². The molecule has 1 fully saturated rings. The van der Waals surface area contributed by atoms with Gasteiger partial charge in [-0.05, 0) is 60.6 Å². The molecule has 114 valence electrons. The van der Waals surface area contributed by atoms with E-state index >= 15 is 0 Å². The smallest absolute Gasteiger partial charge is 0.328 e. The summed E-state index contributed by atoms with van der Waals surface area (Å²) in [6.07, 6.45) is 2.76. The van der Waals surface area contributed by atoms with Crippen LogP contribution in [-0.2, 0) is 4.79 Å². The summed E-state index contributed by atoms with van der Waals surface area (Å²) in [5, 5.41) is 8.67. The van der Waals surface area contributed by atoms with Gasteiger partial charge in [0, 0.05) is 35.7 Å². The van der Waals surface area contributed by atoms with Crippen molar-refractivity contribution in [2.24, 2.45) is 0 Å². The number of carboxylic acids is 1. The van der Waals surface area contributed by atoms with Crippen LogP contribution in [-0.4, -0.2) is 48.2 Å². The van der Waals surface area contributed by atoms with E-state index in [0.717, 1.165) is 41.4 Å². The average Bonchev–Trinajstić information content (AvgIpc) is 2.40. The van der Waals surface area contributed by atoms with Gasteiger partial charge in [0.1, 0.15) is 0 Å². The molecule has 4 nitrogen and oxygen atoms in total. The van der Waals surface area contributed by atoms with E-state index in [1.54, 1.807) is 6.08 Å². The standard InChI is InChI=1S/C16H21BrN2O2/c1-16(2)11-19(9-8-18(16)3)14-6-4-12(10-13(14)17)5-7-15(20)21/h4-7,10H,8-9,11H2,1-3H3,(H,20,21)/b7-5+. The average molecular weight is 353 g/mol. The number of aliphatic carboxylic acids is 1. The first-order chi connectivity index (χ1) is 9.79. The lowest BCUT2D eigenvalue weighted by atomic mass is 9.99. The van der Waals surface area contributed by atoms with Gasteiger partial charge < -0.3 is 10.0 Å². The van der Waals surface area contributed by atoms with Crippen LogP contribution < -0.4 is 4.90 Å². The molecule has 1 heterocycles. The van der Waals surface area contributed by atoms with Crippen molar-refractivity contribution in [1.29, 1.82) is 0 Å². The van der Waals surface area contributed by atoms with Gasteiger partial charge in [-0.3, -0.25) is 4.90 Å². The number of likely N-dealkylation sites (N-methyl/N-ethyl adjacent to an activating group) is 1. The van der Waals surface area contributed by atoms with Crippen molar-refractivity contribution in [2.75, 3.05) is 31.6 Å². The lowest BCUT2D eigenvalue weighted by Gasteiger charge is -2.46. The number of benzene rings is 1. The maximum absolute atomic E-state index is 10.6. The lowest BCUT2D eigenvalue weighted by Crippen LogP contribution is -2.57. The van der Waals surface area contributed by atoms with Crippen molar-refractivity contribution >= 4 is 33.7 Å². The molecule has 0 amide bonds. The van der Waals surface area contributed by atoms with Crippen LogP contribution in [0.2, 0.25) is 0 Å². The fourth-order valence-electron chi connectivity index (χ4n) is 2.50. The van der Waals surface area contributed by atoms with Crippen molar-refractivity contribution in [1.82, 2.24) is 4.90 Å². The van der Waals surface area contributed by atoms with Crippen LogP contribution in [0.5, 0.6) is 0 Å². The van der Waals surface area contributed by atoms with Gasteiger partial charge in [0.2, 0.25) is 0 Å². The molecule has 5 heteroatoms. The normalized spacial score (nSPS) is 19.1. The van der Waals surface area contributed by atoms with Gasteiger partial charge in [-0.25, -0.2) is 4.79 Å². The summed E-state index contributed by atoms with van der Waals surface area (Å²) in [7, 11) is 2.16. The molecule has 21 heavy (non-hydrogen) atoms. The number of anilines is 1. The number of hydrogen-bond donors (Lipinski definition) is 1. The summed E-state index contributed by atoms with van der Waals surface area (Å²) in [6, 6.07) is 5.96. The topological polar surface area (TPSA) is 43.8 Å². The molecule has 0 aliphatic carbocycles. The van der Waals surface area contributed by atoms with Crippen LogP contribution in [0.3, 0.4) is 0 Å². The summed E-state index contributed by atoms with van der Waals surface area (Å²) in [6.45, 7) is 7.48. The molecular weight excluding hydrogens is 332 g/mol. The largest absolute Gasteiger partial charge is 0.478 e. The Morgan fingerprint density at radius 3 is 2.67 bits per heavy atom. The summed E-state index contributed by atoms with van der Waals surface area (Å²) < 4.78 is 0.996. The fraction of sp³-hybridized carbons (Fsp3) is 0.438. The highest BCUT2D eigenvalue weighted by Gasteiger charge is 2.31. The zero-order valence-corrected chi connectivity index (χ0v) is 14.2. The molecule has 0 radical (unpaired) electrons. The summed E-state index contributed by atoms with van der Waals surface area (Å²) in [5.74, 6) is -0.934. The second-order valence-corrected chi connectivity index (χ2v) is 6.89. The van der Waals surface area contributed by atoms with Crippen molar-refractivity contribution in [2.45, 2.75) is 19.4 Å². The maximum Gasteiger partial charge on any atom is 0.328 e. The molecule has 1 aliphatic rings. The number of rotatable bonds is 3. The molecule has 0 bridgehead atoms. The Bertz CT molecular complexity index is 569. The Kier molecular flexibility index (Phi) is 4.74.